The molecule has 1 saturated carbocycles. The summed E-state index contributed by atoms with van der Waals surface area (Å²) in [6.07, 6.45) is 4.19. The van der Waals surface area contributed by atoms with Gasteiger partial charge in [0.2, 0.25) is 11.8 Å². The van der Waals surface area contributed by atoms with Crippen molar-refractivity contribution in [2.75, 3.05) is 18.6 Å². The molecule has 1 N–H and O–H groups in total. The fourth-order valence-electron chi connectivity index (χ4n) is 5.46. The number of aliphatic carboxylic acids is 1. The number of ether oxygens (including phenoxy) is 2. The van der Waals surface area contributed by atoms with Crippen LogP contribution in [0.3, 0.4) is 0 Å². The van der Waals surface area contributed by atoms with Crippen LogP contribution in [0.5, 0.6) is 11.8 Å². The number of hydrogen-bond acceptors (Lipinski definition) is 7. The number of pyridine rings is 2. The Morgan fingerprint density at radius 2 is 1.95 bits per heavy atom. The Labute approximate surface area is 216 Å². The zero-order valence-electron chi connectivity index (χ0n) is 21.1. The fraction of sp³-hybridized carbons (Fsp3) is 0.393. The topological polar surface area (TPSA) is 116 Å². The number of fused-ring (bicyclic) bond motifs is 3. The first-order valence-electron chi connectivity index (χ1n) is 12.3. The first-order valence-corrected chi connectivity index (χ1v) is 14.4. The van der Waals surface area contributed by atoms with Crippen LogP contribution >= 0.6 is 0 Å². The van der Waals surface area contributed by atoms with Gasteiger partial charge in [0, 0.05) is 41.8 Å². The van der Waals surface area contributed by atoms with Crippen molar-refractivity contribution in [1.82, 2.24) is 9.97 Å². The molecule has 5 rings (SSSR count). The lowest BCUT2D eigenvalue weighted by Crippen LogP contribution is -2.09. The molecule has 3 atom stereocenters. The van der Waals surface area contributed by atoms with Crippen molar-refractivity contribution in [2.24, 2.45) is 11.8 Å². The largest absolute Gasteiger partial charge is 0.481 e. The van der Waals surface area contributed by atoms with Gasteiger partial charge in [-0.1, -0.05) is 18.2 Å². The van der Waals surface area contributed by atoms with Gasteiger partial charge in [-0.15, -0.1) is 0 Å². The molecule has 0 saturated heterocycles. The van der Waals surface area contributed by atoms with E-state index in [1.165, 1.54) is 6.26 Å². The lowest BCUT2D eigenvalue weighted by Gasteiger charge is -2.14. The second kappa shape index (κ2) is 9.78. The molecule has 2 aliphatic rings. The summed E-state index contributed by atoms with van der Waals surface area (Å²) in [4.78, 5) is 20.3. The molecule has 0 unspecified atom stereocenters. The quantitative estimate of drug-likeness (QED) is 0.395. The van der Waals surface area contributed by atoms with Gasteiger partial charge in [0.25, 0.3) is 0 Å². The molecule has 2 heterocycles. The number of benzene rings is 1. The first-order chi connectivity index (χ1) is 17.6. The predicted molar refractivity (Wildman–Crippen MR) is 139 cm³/mol. The standard InChI is InChI=1S/C28H30N2O6S/c1-16-10-24(35-8-5-9-37(3,33)34)30-17(2)25(16)19-7-4-6-18(11-19)15-36-23-13-20-12-21-26(22(20)14-29-23)27(21)28(31)32/h4,6-7,10-11,13-14,21,26-27H,5,8-9,12,15H2,1-3H3,(H,31,32)/t21-,26-,27+/m1/s1. The molecule has 2 aromatic heterocycles. The third-order valence-electron chi connectivity index (χ3n) is 7.15. The van der Waals surface area contributed by atoms with Crippen molar-refractivity contribution in [3.05, 3.63) is 70.5 Å². The number of aryl methyl sites for hydroxylation is 2. The van der Waals surface area contributed by atoms with E-state index in [9.17, 15) is 18.3 Å². The third-order valence-corrected chi connectivity index (χ3v) is 8.18. The van der Waals surface area contributed by atoms with E-state index in [2.05, 4.69) is 16.0 Å². The maximum Gasteiger partial charge on any atom is 0.307 e. The maximum absolute atomic E-state index is 11.3. The number of hydrogen-bond donors (Lipinski definition) is 1. The second-order valence-corrected chi connectivity index (χ2v) is 12.3. The van der Waals surface area contributed by atoms with E-state index < -0.39 is 15.8 Å². The molecule has 0 amide bonds. The van der Waals surface area contributed by atoms with Gasteiger partial charge in [-0.25, -0.2) is 18.4 Å². The molecule has 2 aliphatic carbocycles. The fourth-order valence-corrected chi connectivity index (χ4v) is 6.10. The van der Waals surface area contributed by atoms with Gasteiger partial charge in [-0.2, -0.15) is 0 Å². The van der Waals surface area contributed by atoms with E-state index in [0.717, 1.165) is 45.5 Å². The van der Waals surface area contributed by atoms with E-state index >= 15 is 0 Å². The van der Waals surface area contributed by atoms with Crippen LogP contribution < -0.4 is 9.47 Å². The third kappa shape index (κ3) is 5.46. The number of sulfone groups is 1. The number of rotatable bonds is 10. The SMILES string of the molecule is Cc1cc(OCCCS(C)(=O)=O)nc(C)c1-c1cccc(COc2cc3c(cn2)[C@H]2[C@@H](C3)[C@@H]2C(=O)O)c1. The Morgan fingerprint density at radius 1 is 1.14 bits per heavy atom. The smallest absolute Gasteiger partial charge is 0.307 e. The van der Waals surface area contributed by atoms with Crippen molar-refractivity contribution < 1.29 is 27.8 Å². The zero-order chi connectivity index (χ0) is 26.3. The van der Waals surface area contributed by atoms with Crippen molar-refractivity contribution >= 4 is 15.8 Å². The van der Waals surface area contributed by atoms with Gasteiger partial charge in [0.15, 0.2) is 0 Å². The molecule has 3 aromatic rings. The molecule has 0 spiro atoms. The van der Waals surface area contributed by atoms with E-state index in [0.29, 0.717) is 31.4 Å². The number of carbonyl (C=O) groups is 1. The Hall–Kier alpha value is -3.46. The van der Waals surface area contributed by atoms with Crippen LogP contribution in [0, 0.1) is 25.7 Å². The van der Waals surface area contributed by atoms with Gasteiger partial charge in [-0.05, 0) is 66.5 Å². The summed E-state index contributed by atoms with van der Waals surface area (Å²) in [6, 6.07) is 11.9. The predicted octanol–water partition coefficient (Wildman–Crippen LogP) is 4.12. The Bertz CT molecular complexity index is 1450. The Kier molecular flexibility index (Phi) is 6.66. The normalized spacial score (nSPS) is 19.7. The molecule has 1 fully saturated rings. The number of aromatic nitrogens is 2. The second-order valence-electron chi connectivity index (χ2n) is 10.0. The zero-order valence-corrected chi connectivity index (χ0v) is 21.9. The average Bonchev–Trinajstić information content (AvgIpc) is 3.42. The van der Waals surface area contributed by atoms with Crippen LogP contribution in [0.15, 0.2) is 42.6 Å². The highest BCUT2D eigenvalue weighted by Crippen LogP contribution is 2.61. The highest BCUT2D eigenvalue weighted by molar-refractivity contribution is 7.90. The lowest BCUT2D eigenvalue weighted by atomic mass is 9.98. The van der Waals surface area contributed by atoms with E-state index in [1.807, 2.05) is 44.2 Å². The highest BCUT2D eigenvalue weighted by atomic mass is 32.2. The number of nitrogens with zero attached hydrogens (tertiary/aromatic N) is 2. The van der Waals surface area contributed by atoms with Crippen LogP contribution in [0.4, 0.5) is 0 Å². The van der Waals surface area contributed by atoms with Crippen molar-refractivity contribution in [2.45, 2.75) is 39.2 Å². The molecular formula is C28H30N2O6S. The average molecular weight is 523 g/mol. The molecule has 0 bridgehead atoms. The minimum atomic E-state index is -3.01. The van der Waals surface area contributed by atoms with Gasteiger partial charge in [0.05, 0.1) is 18.3 Å². The summed E-state index contributed by atoms with van der Waals surface area (Å²) < 4.78 is 34.3. The molecule has 0 radical (unpaired) electrons. The monoisotopic (exact) mass is 522 g/mol. The van der Waals surface area contributed by atoms with Gasteiger partial charge < -0.3 is 14.6 Å². The lowest BCUT2D eigenvalue weighted by molar-refractivity contribution is -0.139. The summed E-state index contributed by atoms with van der Waals surface area (Å²) >= 11 is 0. The van der Waals surface area contributed by atoms with Crippen molar-refractivity contribution in [1.29, 1.82) is 0 Å². The van der Waals surface area contributed by atoms with Crippen LogP contribution in [0.25, 0.3) is 11.1 Å². The summed E-state index contributed by atoms with van der Waals surface area (Å²) in [5.41, 5.74) is 7.07. The summed E-state index contributed by atoms with van der Waals surface area (Å²) in [5, 5.41) is 9.30. The number of carboxylic acids is 1. The van der Waals surface area contributed by atoms with Crippen LogP contribution in [-0.4, -0.2) is 48.1 Å². The molecule has 0 aliphatic heterocycles. The van der Waals surface area contributed by atoms with Crippen LogP contribution in [0.2, 0.25) is 0 Å². The van der Waals surface area contributed by atoms with E-state index in [4.69, 9.17) is 9.47 Å². The first kappa shape index (κ1) is 25.2. The van der Waals surface area contributed by atoms with Gasteiger partial charge >= 0.3 is 5.97 Å². The van der Waals surface area contributed by atoms with Crippen molar-refractivity contribution in [3.63, 3.8) is 0 Å². The summed E-state index contributed by atoms with van der Waals surface area (Å²) in [6.45, 7) is 4.59. The Balaban J connectivity index is 1.23. The molecule has 37 heavy (non-hydrogen) atoms. The molecule has 194 valence electrons. The van der Waals surface area contributed by atoms with Crippen LogP contribution in [-0.2, 0) is 27.7 Å². The Morgan fingerprint density at radius 3 is 2.68 bits per heavy atom. The van der Waals surface area contributed by atoms with Crippen molar-refractivity contribution in [3.8, 4) is 22.9 Å². The molecule has 8 nitrogen and oxygen atoms in total. The van der Waals surface area contributed by atoms with Crippen LogP contribution in [0.1, 0.15) is 40.3 Å². The summed E-state index contributed by atoms with van der Waals surface area (Å²) in [7, 11) is -3.01. The maximum atomic E-state index is 11.3. The number of carboxylic acid groups (broad SMARTS) is 1. The highest BCUT2D eigenvalue weighted by Gasteiger charge is 2.59. The summed E-state index contributed by atoms with van der Waals surface area (Å²) in [5.74, 6) is 0.454. The molecule has 1 aromatic carbocycles. The van der Waals surface area contributed by atoms with E-state index in [-0.39, 0.29) is 23.5 Å². The van der Waals surface area contributed by atoms with Gasteiger partial charge in [0.1, 0.15) is 16.4 Å². The minimum absolute atomic E-state index is 0.0884. The minimum Gasteiger partial charge on any atom is -0.481 e. The van der Waals surface area contributed by atoms with E-state index in [1.54, 1.807) is 6.20 Å². The molecular weight excluding hydrogens is 492 g/mol. The van der Waals surface area contributed by atoms with Gasteiger partial charge in [-0.3, -0.25) is 4.79 Å². The molecule has 9 heteroatoms.